The second-order valence-electron chi connectivity index (χ2n) is 5.54. The van der Waals surface area contributed by atoms with E-state index in [9.17, 15) is 0 Å². The first-order valence-electron chi connectivity index (χ1n) is 6.25. The molecular formula is C15H21Br. The maximum atomic E-state index is 4.18. The normalized spacial score (nSPS) is 31.2. The summed E-state index contributed by atoms with van der Waals surface area (Å²) in [7, 11) is 0. The molecule has 88 valence electrons. The van der Waals surface area contributed by atoms with Crippen LogP contribution in [0.4, 0.5) is 0 Å². The monoisotopic (exact) mass is 280 g/mol. The molecule has 1 heteroatoms. The van der Waals surface area contributed by atoms with Gasteiger partial charge in [-0.3, -0.25) is 0 Å². The van der Waals surface area contributed by atoms with Crippen LogP contribution in [0.1, 0.15) is 33.6 Å². The first-order valence-corrected chi connectivity index (χ1v) is 7.16. The fourth-order valence-electron chi connectivity index (χ4n) is 2.87. The number of rotatable bonds is 2. The maximum Gasteiger partial charge on any atom is 0.0232 e. The first-order chi connectivity index (χ1) is 7.50. The lowest BCUT2D eigenvalue weighted by Gasteiger charge is -2.31. The molecule has 0 saturated carbocycles. The zero-order valence-corrected chi connectivity index (χ0v) is 12.0. The van der Waals surface area contributed by atoms with Crippen LogP contribution >= 0.6 is 15.9 Å². The SMILES string of the molecule is C=C1CC=C2C1=C[C@H]([C@H](Br)C(C)C)C[C@H]2C. The Morgan fingerprint density at radius 2 is 2.12 bits per heavy atom. The summed E-state index contributed by atoms with van der Waals surface area (Å²) in [6.07, 6.45) is 7.16. The van der Waals surface area contributed by atoms with Crippen LogP contribution in [0, 0.1) is 17.8 Å². The molecule has 0 saturated heterocycles. The summed E-state index contributed by atoms with van der Waals surface area (Å²) in [4.78, 5) is 0.595. The molecule has 0 spiro atoms. The fraction of sp³-hybridized carbons (Fsp3) is 0.600. The van der Waals surface area contributed by atoms with Crippen LogP contribution in [-0.4, -0.2) is 4.83 Å². The summed E-state index contributed by atoms with van der Waals surface area (Å²) in [6, 6.07) is 0. The molecule has 0 aromatic carbocycles. The number of hydrogen-bond acceptors (Lipinski definition) is 0. The third kappa shape index (κ3) is 2.07. The lowest BCUT2D eigenvalue weighted by molar-refractivity contribution is 0.417. The highest BCUT2D eigenvalue weighted by Gasteiger charge is 2.31. The van der Waals surface area contributed by atoms with Crippen molar-refractivity contribution >= 4 is 15.9 Å². The zero-order chi connectivity index (χ0) is 11.9. The Kier molecular flexibility index (Phi) is 3.44. The minimum absolute atomic E-state index is 0.595. The minimum Gasteiger partial charge on any atom is -0.0949 e. The molecule has 0 amide bonds. The number of halogens is 1. The summed E-state index contributed by atoms with van der Waals surface area (Å²) in [6.45, 7) is 11.1. The molecule has 0 aliphatic heterocycles. The van der Waals surface area contributed by atoms with E-state index in [0.29, 0.717) is 22.6 Å². The van der Waals surface area contributed by atoms with Crippen LogP contribution in [0.25, 0.3) is 0 Å². The molecule has 2 rings (SSSR count). The van der Waals surface area contributed by atoms with Gasteiger partial charge in [0.15, 0.2) is 0 Å². The number of hydrogen-bond donors (Lipinski definition) is 0. The van der Waals surface area contributed by atoms with Crippen molar-refractivity contribution in [1.82, 2.24) is 0 Å². The largest absolute Gasteiger partial charge is 0.0949 e. The van der Waals surface area contributed by atoms with Crippen molar-refractivity contribution in [3.63, 3.8) is 0 Å². The van der Waals surface area contributed by atoms with Gasteiger partial charge in [0.2, 0.25) is 0 Å². The van der Waals surface area contributed by atoms with Gasteiger partial charge in [0.1, 0.15) is 0 Å². The molecule has 0 heterocycles. The van der Waals surface area contributed by atoms with Gasteiger partial charge in [-0.05, 0) is 47.3 Å². The maximum absolute atomic E-state index is 4.18. The highest BCUT2D eigenvalue weighted by atomic mass is 79.9. The van der Waals surface area contributed by atoms with Gasteiger partial charge in [-0.1, -0.05) is 55.4 Å². The van der Waals surface area contributed by atoms with Gasteiger partial charge in [0, 0.05) is 4.83 Å². The Labute approximate surface area is 108 Å². The van der Waals surface area contributed by atoms with E-state index in [1.165, 1.54) is 17.6 Å². The fourth-order valence-corrected chi connectivity index (χ4v) is 3.24. The van der Waals surface area contributed by atoms with Crippen LogP contribution < -0.4 is 0 Å². The molecule has 2 aliphatic carbocycles. The molecule has 0 aromatic rings. The van der Waals surface area contributed by atoms with Crippen molar-refractivity contribution in [1.29, 1.82) is 0 Å². The second-order valence-corrected chi connectivity index (χ2v) is 6.59. The van der Waals surface area contributed by atoms with Crippen LogP contribution in [0.3, 0.4) is 0 Å². The minimum atomic E-state index is 0.595. The highest BCUT2D eigenvalue weighted by molar-refractivity contribution is 9.09. The van der Waals surface area contributed by atoms with Crippen molar-refractivity contribution in [2.45, 2.75) is 38.4 Å². The molecule has 0 aromatic heterocycles. The molecule has 0 N–H and O–H groups in total. The van der Waals surface area contributed by atoms with Crippen LogP contribution in [-0.2, 0) is 0 Å². The van der Waals surface area contributed by atoms with Gasteiger partial charge in [-0.15, -0.1) is 0 Å². The molecule has 0 unspecified atom stereocenters. The van der Waals surface area contributed by atoms with E-state index in [1.807, 2.05) is 0 Å². The molecule has 0 fully saturated rings. The average molecular weight is 281 g/mol. The van der Waals surface area contributed by atoms with Crippen molar-refractivity contribution in [3.8, 4) is 0 Å². The van der Waals surface area contributed by atoms with E-state index < -0.39 is 0 Å². The van der Waals surface area contributed by atoms with Crippen molar-refractivity contribution in [3.05, 3.63) is 35.5 Å². The quantitative estimate of drug-likeness (QED) is 0.633. The Morgan fingerprint density at radius 3 is 2.75 bits per heavy atom. The topological polar surface area (TPSA) is 0 Å². The summed E-state index contributed by atoms with van der Waals surface area (Å²) in [5.41, 5.74) is 4.31. The first kappa shape index (κ1) is 12.2. The number of fused-ring (bicyclic) bond motifs is 1. The van der Waals surface area contributed by atoms with Gasteiger partial charge in [-0.25, -0.2) is 0 Å². The van der Waals surface area contributed by atoms with E-state index in [0.717, 1.165) is 6.42 Å². The van der Waals surface area contributed by atoms with Gasteiger partial charge >= 0.3 is 0 Å². The molecular weight excluding hydrogens is 260 g/mol. The molecule has 2 aliphatic rings. The number of allylic oxidation sites excluding steroid dienone is 5. The summed E-state index contributed by atoms with van der Waals surface area (Å²) < 4.78 is 0. The van der Waals surface area contributed by atoms with Crippen LogP contribution in [0.5, 0.6) is 0 Å². The lowest BCUT2D eigenvalue weighted by Crippen LogP contribution is -2.24. The van der Waals surface area contributed by atoms with E-state index in [2.05, 4.69) is 55.4 Å². The van der Waals surface area contributed by atoms with Gasteiger partial charge in [0.25, 0.3) is 0 Å². The second kappa shape index (κ2) is 4.52. The standard InChI is InChI=1S/C15H21Br/c1-9(2)15(16)12-7-11(4)13-6-5-10(3)14(13)8-12/h6,8-9,11-12,15H,3,5,7H2,1-2,4H3/t11-,12-,15-/m1/s1. The highest BCUT2D eigenvalue weighted by Crippen LogP contribution is 2.44. The van der Waals surface area contributed by atoms with Crippen molar-refractivity contribution in [2.24, 2.45) is 17.8 Å². The van der Waals surface area contributed by atoms with Crippen molar-refractivity contribution in [2.75, 3.05) is 0 Å². The van der Waals surface area contributed by atoms with Crippen LogP contribution in [0.15, 0.2) is 35.5 Å². The Balaban J connectivity index is 2.27. The lowest BCUT2D eigenvalue weighted by atomic mass is 9.77. The predicted molar refractivity (Wildman–Crippen MR) is 74.7 cm³/mol. The predicted octanol–water partition coefficient (Wildman–Crippen LogP) is 4.87. The zero-order valence-electron chi connectivity index (χ0n) is 10.5. The van der Waals surface area contributed by atoms with E-state index >= 15 is 0 Å². The third-order valence-corrected chi connectivity index (χ3v) is 5.58. The number of alkyl halides is 1. The molecule has 0 nitrogen and oxygen atoms in total. The van der Waals surface area contributed by atoms with Gasteiger partial charge < -0.3 is 0 Å². The Bertz CT molecular complexity index is 360. The average Bonchev–Trinajstić information content (AvgIpc) is 2.60. The summed E-state index contributed by atoms with van der Waals surface area (Å²) >= 11 is 3.85. The molecule has 3 atom stereocenters. The van der Waals surface area contributed by atoms with E-state index in [4.69, 9.17) is 0 Å². The van der Waals surface area contributed by atoms with Crippen LogP contribution in [0.2, 0.25) is 0 Å². The van der Waals surface area contributed by atoms with Gasteiger partial charge in [-0.2, -0.15) is 0 Å². The van der Waals surface area contributed by atoms with E-state index in [1.54, 1.807) is 5.57 Å². The summed E-state index contributed by atoms with van der Waals surface area (Å²) in [5, 5.41) is 0. The van der Waals surface area contributed by atoms with E-state index in [-0.39, 0.29) is 0 Å². The smallest absolute Gasteiger partial charge is 0.0232 e. The third-order valence-electron chi connectivity index (χ3n) is 3.84. The van der Waals surface area contributed by atoms with Gasteiger partial charge in [0.05, 0.1) is 0 Å². The molecule has 0 radical (unpaired) electrons. The molecule has 0 bridgehead atoms. The molecule has 16 heavy (non-hydrogen) atoms. The van der Waals surface area contributed by atoms with Crippen molar-refractivity contribution < 1.29 is 0 Å². The summed E-state index contributed by atoms with van der Waals surface area (Å²) in [5.74, 6) is 2.05. The Hall–Kier alpha value is -0.300. The Morgan fingerprint density at radius 1 is 1.44 bits per heavy atom.